The molecule has 0 unspecified atom stereocenters. The molecule has 106 valence electrons. The van der Waals surface area contributed by atoms with Gasteiger partial charge in [0.15, 0.2) is 5.78 Å². The van der Waals surface area contributed by atoms with Gasteiger partial charge in [-0.2, -0.15) is 0 Å². The summed E-state index contributed by atoms with van der Waals surface area (Å²) in [5, 5.41) is 0. The van der Waals surface area contributed by atoms with Crippen LogP contribution in [0.25, 0.3) is 0 Å². The van der Waals surface area contributed by atoms with Gasteiger partial charge in [0.25, 0.3) is 0 Å². The van der Waals surface area contributed by atoms with E-state index in [4.69, 9.17) is 9.47 Å². The molecule has 0 atom stereocenters. The van der Waals surface area contributed by atoms with Crippen LogP contribution in [0.2, 0.25) is 0 Å². The van der Waals surface area contributed by atoms with Gasteiger partial charge < -0.3 is 9.47 Å². The third-order valence-corrected chi connectivity index (χ3v) is 2.22. The van der Waals surface area contributed by atoms with Crippen molar-refractivity contribution in [1.82, 2.24) is 0 Å². The molecule has 0 aliphatic heterocycles. The molecule has 1 aromatic rings. The van der Waals surface area contributed by atoms with E-state index in [-0.39, 0.29) is 24.4 Å². The smallest absolute Gasteiger partial charge is 0.191 e. The third-order valence-electron chi connectivity index (χ3n) is 2.22. The monoisotopic (exact) mass is 272 g/mol. The summed E-state index contributed by atoms with van der Waals surface area (Å²) in [6.45, 7) is 5.97. The minimum Gasteiger partial charge on any atom is -0.373 e. The lowest BCUT2D eigenvalue weighted by atomic mass is 10.1. The van der Waals surface area contributed by atoms with Crippen LogP contribution in [0.15, 0.2) is 18.2 Å². The van der Waals surface area contributed by atoms with Crippen LogP contribution in [-0.4, -0.2) is 31.2 Å². The van der Waals surface area contributed by atoms with E-state index in [1.165, 1.54) is 0 Å². The van der Waals surface area contributed by atoms with E-state index in [9.17, 15) is 13.6 Å². The average Bonchev–Trinajstić information content (AvgIpc) is 2.30. The molecule has 1 aromatic carbocycles. The molecule has 0 bridgehead atoms. The first kappa shape index (κ1) is 15.7. The standard InChI is InChI=1S/C14H18F2O3/c1-14(2,3)19-7-6-18-9-13(17)11-8-10(15)4-5-12(11)16/h4-5,8H,6-7,9H2,1-3H3. The fourth-order valence-corrected chi connectivity index (χ4v) is 1.36. The molecule has 0 heterocycles. The quantitative estimate of drug-likeness (QED) is 0.590. The van der Waals surface area contributed by atoms with E-state index in [0.717, 1.165) is 18.2 Å². The summed E-state index contributed by atoms with van der Waals surface area (Å²) in [4.78, 5) is 11.6. The molecule has 3 nitrogen and oxygen atoms in total. The maximum absolute atomic E-state index is 13.3. The second-order valence-electron chi connectivity index (χ2n) is 5.06. The molecule has 0 saturated carbocycles. The first-order valence-electron chi connectivity index (χ1n) is 5.99. The second kappa shape index (κ2) is 6.73. The highest BCUT2D eigenvalue weighted by atomic mass is 19.1. The van der Waals surface area contributed by atoms with Crippen molar-refractivity contribution in [3.63, 3.8) is 0 Å². The van der Waals surface area contributed by atoms with Crippen molar-refractivity contribution in [1.29, 1.82) is 0 Å². The van der Waals surface area contributed by atoms with Crippen molar-refractivity contribution in [2.24, 2.45) is 0 Å². The molecule has 0 spiro atoms. The molecule has 0 aliphatic carbocycles. The van der Waals surface area contributed by atoms with Crippen LogP contribution in [0.1, 0.15) is 31.1 Å². The van der Waals surface area contributed by atoms with Crippen LogP contribution < -0.4 is 0 Å². The van der Waals surface area contributed by atoms with Gasteiger partial charge in [0.1, 0.15) is 18.2 Å². The predicted octanol–water partition coefficient (Wildman–Crippen LogP) is 2.98. The van der Waals surface area contributed by atoms with Crippen LogP contribution in [0.5, 0.6) is 0 Å². The van der Waals surface area contributed by atoms with E-state index in [1.807, 2.05) is 20.8 Å². The lowest BCUT2D eigenvalue weighted by Gasteiger charge is -2.19. The molecular formula is C14H18F2O3. The Kier molecular flexibility index (Phi) is 5.57. The summed E-state index contributed by atoms with van der Waals surface area (Å²) in [6, 6.07) is 2.75. The van der Waals surface area contributed by atoms with Gasteiger partial charge in [-0.15, -0.1) is 0 Å². The maximum atomic E-state index is 13.3. The Labute approximate surface area is 111 Å². The van der Waals surface area contributed by atoms with E-state index in [1.54, 1.807) is 0 Å². The molecule has 0 radical (unpaired) electrons. The van der Waals surface area contributed by atoms with E-state index in [2.05, 4.69) is 0 Å². The Morgan fingerprint density at radius 3 is 2.53 bits per heavy atom. The zero-order chi connectivity index (χ0) is 14.5. The molecule has 0 aromatic heterocycles. The van der Waals surface area contributed by atoms with E-state index in [0.29, 0.717) is 6.61 Å². The number of rotatable bonds is 6. The number of carbonyl (C=O) groups excluding carboxylic acids is 1. The van der Waals surface area contributed by atoms with Crippen LogP contribution >= 0.6 is 0 Å². The minimum absolute atomic E-state index is 0.222. The van der Waals surface area contributed by atoms with Crippen molar-refractivity contribution in [2.45, 2.75) is 26.4 Å². The number of carbonyl (C=O) groups is 1. The van der Waals surface area contributed by atoms with Crippen molar-refractivity contribution < 1.29 is 23.0 Å². The van der Waals surface area contributed by atoms with Gasteiger partial charge in [0.2, 0.25) is 0 Å². The van der Waals surface area contributed by atoms with Gasteiger partial charge >= 0.3 is 0 Å². The summed E-state index contributed by atoms with van der Waals surface area (Å²) in [7, 11) is 0. The molecule has 0 fully saturated rings. The first-order chi connectivity index (χ1) is 8.79. The summed E-state index contributed by atoms with van der Waals surface area (Å²) in [5.74, 6) is -1.99. The molecule has 0 N–H and O–H groups in total. The van der Waals surface area contributed by atoms with Gasteiger partial charge in [0, 0.05) is 0 Å². The normalized spacial score (nSPS) is 11.6. The second-order valence-corrected chi connectivity index (χ2v) is 5.06. The van der Waals surface area contributed by atoms with Gasteiger partial charge in [-0.3, -0.25) is 4.79 Å². The number of ether oxygens (including phenoxy) is 2. The highest BCUT2D eigenvalue weighted by Gasteiger charge is 2.13. The largest absolute Gasteiger partial charge is 0.373 e. The average molecular weight is 272 g/mol. The first-order valence-corrected chi connectivity index (χ1v) is 5.99. The Hall–Kier alpha value is -1.33. The van der Waals surface area contributed by atoms with Crippen LogP contribution in [0.4, 0.5) is 8.78 Å². The minimum atomic E-state index is -0.749. The lowest BCUT2D eigenvalue weighted by molar-refractivity contribution is -0.0324. The summed E-state index contributed by atoms with van der Waals surface area (Å²) in [6.07, 6.45) is 0. The Balaban J connectivity index is 2.38. The summed E-state index contributed by atoms with van der Waals surface area (Å²) in [5.41, 5.74) is -0.570. The predicted molar refractivity (Wildman–Crippen MR) is 67.2 cm³/mol. The Morgan fingerprint density at radius 2 is 1.89 bits per heavy atom. The number of benzene rings is 1. The third kappa shape index (κ3) is 5.89. The van der Waals surface area contributed by atoms with Crippen molar-refractivity contribution in [3.05, 3.63) is 35.4 Å². The van der Waals surface area contributed by atoms with E-state index < -0.39 is 17.4 Å². The molecular weight excluding hydrogens is 254 g/mol. The summed E-state index contributed by atoms with van der Waals surface area (Å²) < 4.78 is 36.7. The zero-order valence-corrected chi connectivity index (χ0v) is 11.3. The topological polar surface area (TPSA) is 35.5 Å². The number of hydrogen-bond donors (Lipinski definition) is 0. The van der Waals surface area contributed by atoms with Gasteiger partial charge in [-0.25, -0.2) is 8.78 Å². The highest BCUT2D eigenvalue weighted by molar-refractivity contribution is 5.97. The SMILES string of the molecule is CC(C)(C)OCCOCC(=O)c1cc(F)ccc1F. The Morgan fingerprint density at radius 1 is 1.21 bits per heavy atom. The lowest BCUT2D eigenvalue weighted by Crippen LogP contribution is -2.22. The summed E-state index contributed by atoms with van der Waals surface area (Å²) >= 11 is 0. The van der Waals surface area contributed by atoms with Crippen molar-refractivity contribution in [3.8, 4) is 0 Å². The van der Waals surface area contributed by atoms with Gasteiger partial charge in [-0.1, -0.05) is 0 Å². The van der Waals surface area contributed by atoms with Crippen molar-refractivity contribution >= 4 is 5.78 Å². The molecule has 0 aliphatic rings. The van der Waals surface area contributed by atoms with Crippen LogP contribution in [0.3, 0.4) is 0 Å². The van der Waals surface area contributed by atoms with E-state index >= 15 is 0 Å². The van der Waals surface area contributed by atoms with Crippen molar-refractivity contribution in [2.75, 3.05) is 19.8 Å². The van der Waals surface area contributed by atoms with Gasteiger partial charge in [0.05, 0.1) is 24.4 Å². The molecule has 0 saturated heterocycles. The fraction of sp³-hybridized carbons (Fsp3) is 0.500. The fourth-order valence-electron chi connectivity index (χ4n) is 1.36. The van der Waals surface area contributed by atoms with Crippen LogP contribution in [0, 0.1) is 11.6 Å². The number of hydrogen-bond acceptors (Lipinski definition) is 3. The molecule has 19 heavy (non-hydrogen) atoms. The number of ketones is 1. The zero-order valence-electron chi connectivity index (χ0n) is 11.3. The highest BCUT2D eigenvalue weighted by Crippen LogP contribution is 2.10. The Bertz CT molecular complexity index is 439. The van der Waals surface area contributed by atoms with Gasteiger partial charge in [-0.05, 0) is 39.0 Å². The number of Topliss-reactive ketones (excluding diaryl/α,β-unsaturated/α-hetero) is 1. The van der Waals surface area contributed by atoms with Crippen LogP contribution in [-0.2, 0) is 9.47 Å². The molecule has 0 amide bonds. The molecule has 1 rings (SSSR count). The number of halogens is 2. The maximum Gasteiger partial charge on any atom is 0.191 e. The molecule has 5 heteroatoms.